The van der Waals surface area contributed by atoms with Crippen molar-refractivity contribution in [1.82, 2.24) is 4.90 Å². The summed E-state index contributed by atoms with van der Waals surface area (Å²) < 4.78 is 38.4. The highest BCUT2D eigenvalue weighted by Crippen LogP contribution is 2.40. The van der Waals surface area contributed by atoms with Crippen LogP contribution in [0.25, 0.3) is 4.98 Å². The quantitative estimate of drug-likeness (QED) is 0.362. The lowest BCUT2D eigenvalue weighted by molar-refractivity contribution is -0.0735. The number of ether oxygens (including phenoxy) is 1. The maximum absolute atomic E-state index is 13.0. The second-order valence-electron chi connectivity index (χ2n) is 9.82. The fourth-order valence-electron chi connectivity index (χ4n) is 3.36. The summed E-state index contributed by atoms with van der Waals surface area (Å²) in [4.78, 5) is 4.31. The lowest BCUT2D eigenvalue weighted by Crippen LogP contribution is -2.49. The zero-order valence-corrected chi connectivity index (χ0v) is 21.4. The van der Waals surface area contributed by atoms with Crippen molar-refractivity contribution in [3.8, 4) is 0 Å². The first-order valence-electron chi connectivity index (χ1n) is 10.3. The van der Waals surface area contributed by atoms with Gasteiger partial charge in [-0.2, -0.15) is 0 Å². The van der Waals surface area contributed by atoms with Gasteiger partial charge in [0.25, 0.3) is 9.84 Å². The van der Waals surface area contributed by atoms with Gasteiger partial charge in [-0.1, -0.05) is 39.0 Å². The SMILES string of the molecule is C[C@H]1OC(C)(C)N(/C(O)=C(\[N+]#N)S(=O)(=O)c2ccccc2)[C@@H]1CO[Si](C)(C)C(C)(C)C. The molecule has 0 aliphatic carbocycles. The Kier molecular flexibility index (Phi) is 6.98. The van der Waals surface area contributed by atoms with Crippen molar-refractivity contribution in [2.24, 2.45) is 0 Å². The highest BCUT2D eigenvalue weighted by atomic mass is 32.2. The van der Waals surface area contributed by atoms with Crippen LogP contribution in [-0.2, 0) is 19.0 Å². The molecule has 1 aromatic rings. The Balaban J connectivity index is 2.51. The van der Waals surface area contributed by atoms with E-state index in [1.807, 2.05) is 6.92 Å². The van der Waals surface area contributed by atoms with E-state index in [-0.39, 0.29) is 22.6 Å². The number of aliphatic hydroxyl groups is 1. The topological polar surface area (TPSA) is 104 Å². The number of aliphatic hydroxyl groups excluding tert-OH is 1. The summed E-state index contributed by atoms with van der Waals surface area (Å²) in [5, 5.41) is 19.8. The van der Waals surface area contributed by atoms with Crippen LogP contribution < -0.4 is 0 Å². The van der Waals surface area contributed by atoms with E-state index in [1.165, 1.54) is 17.0 Å². The second kappa shape index (κ2) is 8.54. The van der Waals surface area contributed by atoms with Crippen LogP contribution in [0.5, 0.6) is 0 Å². The summed E-state index contributed by atoms with van der Waals surface area (Å²) in [6.07, 6.45) is -0.360. The van der Waals surface area contributed by atoms with E-state index < -0.39 is 40.8 Å². The molecule has 0 aromatic heterocycles. The van der Waals surface area contributed by atoms with Crippen LogP contribution in [0, 0.1) is 5.39 Å². The van der Waals surface area contributed by atoms with Crippen LogP contribution in [0.1, 0.15) is 41.5 Å². The van der Waals surface area contributed by atoms with Crippen molar-refractivity contribution in [3.05, 3.63) is 46.2 Å². The third kappa shape index (κ3) is 4.95. The van der Waals surface area contributed by atoms with Crippen LogP contribution in [0.2, 0.25) is 18.1 Å². The van der Waals surface area contributed by atoms with E-state index >= 15 is 0 Å². The molecule has 0 saturated carbocycles. The zero-order chi connectivity index (χ0) is 23.8. The average Bonchev–Trinajstić information content (AvgIpc) is 2.87. The molecule has 172 valence electrons. The molecule has 2 atom stereocenters. The number of rotatable bonds is 6. The summed E-state index contributed by atoms with van der Waals surface area (Å²) in [5.74, 6) is -0.676. The first kappa shape index (κ1) is 25.3. The molecule has 0 spiro atoms. The molecule has 0 unspecified atom stereocenters. The fraction of sp³-hybridized carbons (Fsp3) is 0.619. The molecule has 1 saturated heterocycles. The Morgan fingerprint density at radius 1 is 1.29 bits per heavy atom. The number of hydrogen-bond acceptors (Lipinski definition) is 7. The van der Waals surface area contributed by atoms with E-state index in [0.717, 1.165) is 0 Å². The van der Waals surface area contributed by atoms with Gasteiger partial charge in [0.15, 0.2) is 13.3 Å². The molecule has 1 aromatic carbocycles. The minimum atomic E-state index is -4.26. The van der Waals surface area contributed by atoms with Crippen LogP contribution >= 0.6 is 0 Å². The van der Waals surface area contributed by atoms with Gasteiger partial charge in [0, 0.05) is 0 Å². The summed E-state index contributed by atoms with van der Waals surface area (Å²) in [6.45, 7) is 16.1. The third-order valence-electron chi connectivity index (χ3n) is 6.17. The normalized spacial score (nSPS) is 22.7. The van der Waals surface area contributed by atoms with Gasteiger partial charge in [-0.25, -0.2) is 8.42 Å². The van der Waals surface area contributed by atoms with Gasteiger partial charge >= 0.3 is 10.9 Å². The Bertz CT molecular complexity index is 979. The zero-order valence-electron chi connectivity index (χ0n) is 19.6. The molecular weight excluding hydrogens is 434 g/mol. The van der Waals surface area contributed by atoms with Crippen molar-refractivity contribution in [3.63, 3.8) is 0 Å². The van der Waals surface area contributed by atoms with E-state index in [1.54, 1.807) is 32.0 Å². The van der Waals surface area contributed by atoms with Crippen molar-refractivity contribution < 1.29 is 22.7 Å². The fourth-order valence-corrected chi connectivity index (χ4v) is 5.57. The molecule has 1 N–H and O–H groups in total. The highest BCUT2D eigenvalue weighted by Gasteiger charge is 2.52. The first-order chi connectivity index (χ1) is 14.1. The predicted octanol–water partition coefficient (Wildman–Crippen LogP) is 4.85. The molecular formula is C21H34N3O5SSi+. The maximum atomic E-state index is 13.0. The Hall–Kier alpha value is -1.93. The molecule has 1 heterocycles. The first-order valence-corrected chi connectivity index (χ1v) is 14.6. The Morgan fingerprint density at radius 3 is 2.32 bits per heavy atom. The monoisotopic (exact) mass is 468 g/mol. The van der Waals surface area contributed by atoms with Gasteiger partial charge in [-0.3, -0.25) is 4.90 Å². The number of nitrogens with zero attached hydrogens (tertiary/aromatic N) is 3. The Morgan fingerprint density at radius 2 is 1.84 bits per heavy atom. The molecule has 31 heavy (non-hydrogen) atoms. The van der Waals surface area contributed by atoms with Gasteiger partial charge in [-0.05, 0) is 51.0 Å². The van der Waals surface area contributed by atoms with Crippen molar-refractivity contribution in [1.29, 1.82) is 5.39 Å². The van der Waals surface area contributed by atoms with E-state index in [4.69, 9.17) is 9.16 Å². The standard InChI is InChI=1S/C21H33N3O5SSi/c1-15-17(14-28-31(7,8)20(2,3)4)24(21(5,6)29-15)19(25)18(23-22)30(26,27)16-12-10-9-11-13-16/h9-13,15,17H,14H2,1-8H3/p+1/b19-18-/t15-,17-/m1/s1. The van der Waals surface area contributed by atoms with Crippen molar-refractivity contribution in [2.45, 2.75) is 82.4 Å². The molecule has 0 radical (unpaired) electrons. The second-order valence-corrected chi connectivity index (χ2v) is 16.5. The smallest absolute Gasteiger partial charge is 0.488 e. The largest absolute Gasteiger partial charge is 0.537 e. The van der Waals surface area contributed by atoms with Crippen molar-refractivity contribution >= 4 is 18.2 Å². The van der Waals surface area contributed by atoms with Crippen LogP contribution in [0.15, 0.2) is 46.1 Å². The van der Waals surface area contributed by atoms with Gasteiger partial charge in [0.05, 0.1) is 23.6 Å². The lowest BCUT2D eigenvalue weighted by Gasteiger charge is -2.39. The summed E-state index contributed by atoms with van der Waals surface area (Å²) in [5.41, 5.74) is -1.05. The molecule has 0 bridgehead atoms. The molecule has 10 heteroatoms. The third-order valence-corrected chi connectivity index (χ3v) is 12.3. The highest BCUT2D eigenvalue weighted by molar-refractivity contribution is 7.95. The number of diazo groups is 1. The number of hydrogen-bond donors (Lipinski definition) is 1. The molecule has 1 fully saturated rings. The number of sulfone groups is 1. The minimum Gasteiger partial charge on any atom is -0.488 e. The van der Waals surface area contributed by atoms with Gasteiger partial charge in [-0.15, -0.1) is 0 Å². The Labute approximate surface area is 186 Å². The summed E-state index contributed by atoms with van der Waals surface area (Å²) in [6, 6.07) is 7.05. The van der Waals surface area contributed by atoms with Crippen LogP contribution in [-0.4, -0.2) is 51.2 Å². The average molecular weight is 469 g/mol. The van der Waals surface area contributed by atoms with Crippen molar-refractivity contribution in [2.75, 3.05) is 6.61 Å². The maximum Gasteiger partial charge on any atom is 0.537 e. The summed E-state index contributed by atoms with van der Waals surface area (Å²) >= 11 is 0. The van der Waals surface area contributed by atoms with Gasteiger partial charge in [0.2, 0.25) is 5.39 Å². The molecule has 1 aliphatic heterocycles. The lowest BCUT2D eigenvalue weighted by atomic mass is 10.1. The predicted molar refractivity (Wildman–Crippen MR) is 122 cm³/mol. The van der Waals surface area contributed by atoms with E-state index in [9.17, 15) is 18.9 Å². The summed E-state index contributed by atoms with van der Waals surface area (Å²) in [7, 11) is -6.37. The minimum absolute atomic E-state index is 0.0177. The van der Waals surface area contributed by atoms with Gasteiger partial charge in [0.1, 0.15) is 5.72 Å². The van der Waals surface area contributed by atoms with Gasteiger partial charge < -0.3 is 14.3 Å². The number of benzene rings is 1. The van der Waals surface area contributed by atoms with E-state index in [2.05, 4.69) is 38.8 Å². The molecule has 1 aliphatic rings. The molecule has 0 amide bonds. The molecule has 2 rings (SSSR count). The molecule has 8 nitrogen and oxygen atoms in total. The van der Waals surface area contributed by atoms with E-state index in [0.29, 0.717) is 0 Å². The van der Waals surface area contributed by atoms with Crippen LogP contribution in [0.4, 0.5) is 0 Å². The van der Waals surface area contributed by atoms with Crippen LogP contribution in [0.3, 0.4) is 0 Å².